The molecule has 4 heterocycles. The molecule has 4 heteroatoms. The first-order valence-corrected chi connectivity index (χ1v) is 16.6. The van der Waals surface area contributed by atoms with E-state index in [0.29, 0.717) is 5.71 Å². The molecule has 0 spiro atoms. The zero-order valence-electron chi connectivity index (χ0n) is 26.3. The van der Waals surface area contributed by atoms with Crippen LogP contribution in [0.15, 0.2) is 168 Å². The lowest BCUT2D eigenvalue weighted by Gasteiger charge is -2.14. The number of hydrogen-bond donors (Lipinski definition) is 0. The first-order chi connectivity index (χ1) is 24.3. The van der Waals surface area contributed by atoms with Crippen molar-refractivity contribution in [3.63, 3.8) is 0 Å². The Morgan fingerprint density at radius 2 is 1.00 bits per heavy atom. The summed E-state index contributed by atoms with van der Waals surface area (Å²) in [6.07, 6.45) is 0. The van der Waals surface area contributed by atoms with Crippen LogP contribution in [0, 0.1) is 0 Å². The molecule has 0 saturated carbocycles. The maximum Gasteiger partial charge on any atom is 0.228 e. The second-order valence-corrected chi connectivity index (χ2v) is 12.7. The molecule has 0 fully saturated rings. The van der Waals surface area contributed by atoms with Gasteiger partial charge in [0.2, 0.25) is 5.71 Å². The summed E-state index contributed by atoms with van der Waals surface area (Å²) in [5.41, 5.74) is 11.7. The van der Waals surface area contributed by atoms with E-state index in [0.717, 1.165) is 49.8 Å². The second-order valence-electron chi connectivity index (χ2n) is 12.7. The molecule has 11 rings (SSSR count). The molecule has 0 bridgehead atoms. The minimum absolute atomic E-state index is 0.659. The van der Waals surface area contributed by atoms with Crippen LogP contribution in [0.2, 0.25) is 0 Å². The summed E-state index contributed by atoms with van der Waals surface area (Å²) in [4.78, 5) is 4.97. The monoisotopic (exact) mass is 625 g/mol. The Labute approximate surface area is 280 Å². The first-order valence-electron chi connectivity index (χ1n) is 16.6. The van der Waals surface area contributed by atoms with E-state index in [9.17, 15) is 0 Å². The highest BCUT2D eigenvalue weighted by molar-refractivity contribution is 6.24. The fourth-order valence-corrected chi connectivity index (χ4v) is 8.09. The second kappa shape index (κ2) is 9.93. The van der Waals surface area contributed by atoms with E-state index >= 15 is 0 Å². The molecule has 0 unspecified atom stereocenters. The van der Waals surface area contributed by atoms with Gasteiger partial charge in [-0.1, -0.05) is 115 Å². The molecular weight excluding hydrogens is 599 g/mol. The van der Waals surface area contributed by atoms with Crippen molar-refractivity contribution in [1.82, 2.24) is 14.1 Å². The normalized spacial score (nSPS) is 12.1. The van der Waals surface area contributed by atoms with Crippen LogP contribution in [0.4, 0.5) is 0 Å². The van der Waals surface area contributed by atoms with Gasteiger partial charge in [0.1, 0.15) is 5.58 Å². The Hall–Kier alpha value is -6.65. The molecule has 11 aromatic rings. The maximum absolute atomic E-state index is 6.35. The van der Waals surface area contributed by atoms with Gasteiger partial charge in [0.05, 0.1) is 33.0 Å². The molecular formula is C45H27N3O. The van der Waals surface area contributed by atoms with Crippen molar-refractivity contribution >= 4 is 76.6 Å². The number of rotatable bonds is 3. The zero-order valence-corrected chi connectivity index (χ0v) is 26.3. The predicted octanol–water partition coefficient (Wildman–Crippen LogP) is 12.0. The molecule has 0 N–H and O–H groups in total. The third-order valence-electron chi connectivity index (χ3n) is 10.1. The Balaban J connectivity index is 1.29. The van der Waals surface area contributed by atoms with Crippen LogP contribution in [0.1, 0.15) is 0 Å². The number of benzene rings is 7. The summed E-state index contributed by atoms with van der Waals surface area (Å²) < 4.78 is 11.2. The minimum atomic E-state index is 0.659. The number of nitrogens with zero attached hydrogens (tertiary/aromatic N) is 3. The van der Waals surface area contributed by atoms with E-state index < -0.39 is 0 Å². The van der Waals surface area contributed by atoms with Crippen molar-refractivity contribution in [1.29, 1.82) is 0 Å². The van der Waals surface area contributed by atoms with Crippen molar-refractivity contribution in [3.8, 4) is 22.5 Å². The molecule has 0 aliphatic heterocycles. The predicted molar refractivity (Wildman–Crippen MR) is 203 cm³/mol. The van der Waals surface area contributed by atoms with Crippen LogP contribution in [0.5, 0.6) is 0 Å². The lowest BCUT2D eigenvalue weighted by atomic mass is 9.96. The highest BCUT2D eigenvalue weighted by Crippen LogP contribution is 2.44. The molecule has 49 heavy (non-hydrogen) atoms. The third kappa shape index (κ3) is 3.66. The number of pyridine rings is 1. The lowest BCUT2D eigenvalue weighted by molar-refractivity contribution is 0.656. The van der Waals surface area contributed by atoms with E-state index in [1.165, 1.54) is 43.6 Å². The van der Waals surface area contributed by atoms with Crippen molar-refractivity contribution in [2.24, 2.45) is 0 Å². The van der Waals surface area contributed by atoms with Gasteiger partial charge in [0, 0.05) is 49.3 Å². The highest BCUT2D eigenvalue weighted by atomic mass is 16.3. The molecule has 0 radical (unpaired) electrons. The van der Waals surface area contributed by atoms with Crippen LogP contribution in [0.3, 0.4) is 0 Å². The quantitative estimate of drug-likeness (QED) is 0.196. The van der Waals surface area contributed by atoms with Crippen LogP contribution in [-0.2, 0) is 0 Å². The average Bonchev–Trinajstić information content (AvgIpc) is 3.82. The standard InChI is InChI=1S/C45H27N3O/c1-2-14-29(15-3-1)47-38-22-9-5-17-31(38)33-25-26-34-32-18-6-10-23-39(32)48(44(34)43(33)47)30-16-12-13-28(27-30)41-35-19-4-8-21-37(35)46-45-42(41)36-20-7-11-24-40(36)49-45/h1-27H. The van der Waals surface area contributed by atoms with Crippen molar-refractivity contribution in [2.45, 2.75) is 0 Å². The van der Waals surface area contributed by atoms with Crippen molar-refractivity contribution < 1.29 is 4.42 Å². The van der Waals surface area contributed by atoms with Crippen LogP contribution in [0.25, 0.3) is 99.1 Å². The van der Waals surface area contributed by atoms with Gasteiger partial charge >= 0.3 is 0 Å². The van der Waals surface area contributed by atoms with Gasteiger partial charge in [-0.05, 0) is 54.1 Å². The largest absolute Gasteiger partial charge is 0.438 e. The lowest BCUT2D eigenvalue weighted by Crippen LogP contribution is -1.99. The molecule has 0 amide bonds. The Bertz CT molecular complexity index is 3110. The fourth-order valence-electron chi connectivity index (χ4n) is 8.09. The molecule has 0 saturated heterocycles. The van der Waals surface area contributed by atoms with Crippen LogP contribution >= 0.6 is 0 Å². The van der Waals surface area contributed by atoms with Crippen molar-refractivity contribution in [2.75, 3.05) is 0 Å². The Morgan fingerprint density at radius 1 is 0.429 bits per heavy atom. The summed E-state index contributed by atoms with van der Waals surface area (Å²) in [5, 5.41) is 8.15. The van der Waals surface area contributed by atoms with Gasteiger partial charge < -0.3 is 13.6 Å². The summed E-state index contributed by atoms with van der Waals surface area (Å²) in [6, 6.07) is 58.5. The third-order valence-corrected chi connectivity index (χ3v) is 10.1. The van der Waals surface area contributed by atoms with Crippen LogP contribution < -0.4 is 0 Å². The topological polar surface area (TPSA) is 35.9 Å². The van der Waals surface area contributed by atoms with Gasteiger partial charge in [-0.2, -0.15) is 0 Å². The van der Waals surface area contributed by atoms with E-state index in [-0.39, 0.29) is 0 Å². The van der Waals surface area contributed by atoms with Gasteiger partial charge in [-0.25, -0.2) is 4.98 Å². The summed E-state index contributed by atoms with van der Waals surface area (Å²) in [7, 11) is 0. The average molecular weight is 626 g/mol. The smallest absolute Gasteiger partial charge is 0.228 e. The van der Waals surface area contributed by atoms with Crippen molar-refractivity contribution in [3.05, 3.63) is 164 Å². The molecule has 0 atom stereocenters. The van der Waals surface area contributed by atoms with Gasteiger partial charge in [0.25, 0.3) is 0 Å². The number of para-hydroxylation sites is 5. The van der Waals surface area contributed by atoms with E-state index in [4.69, 9.17) is 9.40 Å². The summed E-state index contributed by atoms with van der Waals surface area (Å²) >= 11 is 0. The zero-order chi connectivity index (χ0) is 32.1. The van der Waals surface area contributed by atoms with Gasteiger partial charge in [-0.15, -0.1) is 0 Å². The summed E-state index contributed by atoms with van der Waals surface area (Å²) in [5.74, 6) is 0. The Morgan fingerprint density at radius 3 is 1.73 bits per heavy atom. The molecule has 7 aromatic carbocycles. The first kappa shape index (κ1) is 26.4. The van der Waals surface area contributed by atoms with E-state index in [1.54, 1.807) is 0 Å². The maximum atomic E-state index is 6.35. The number of furan rings is 1. The SMILES string of the molecule is c1ccc(-n2c3ccccc3c3ccc4c5ccccc5n(-c5cccc(-c6c7ccccc7nc7oc8ccccc8c67)c5)c4c32)cc1. The van der Waals surface area contributed by atoms with Crippen LogP contribution in [-0.4, -0.2) is 14.1 Å². The highest BCUT2D eigenvalue weighted by Gasteiger charge is 2.22. The number of hydrogen-bond acceptors (Lipinski definition) is 2. The van der Waals surface area contributed by atoms with E-state index in [2.05, 4.69) is 155 Å². The molecule has 4 nitrogen and oxygen atoms in total. The number of fused-ring (bicyclic) bond motifs is 11. The minimum Gasteiger partial charge on any atom is -0.438 e. The molecule has 0 aliphatic carbocycles. The van der Waals surface area contributed by atoms with Gasteiger partial charge in [-0.3, -0.25) is 0 Å². The fraction of sp³-hybridized carbons (Fsp3) is 0. The summed E-state index contributed by atoms with van der Waals surface area (Å²) in [6.45, 7) is 0. The van der Waals surface area contributed by atoms with Gasteiger partial charge in [0.15, 0.2) is 0 Å². The molecule has 0 aliphatic rings. The molecule has 228 valence electrons. The molecule has 4 aromatic heterocycles. The van der Waals surface area contributed by atoms with E-state index in [1.807, 2.05) is 18.2 Å². The number of aromatic nitrogens is 3. The Kier molecular flexibility index (Phi) is 5.35.